The summed E-state index contributed by atoms with van der Waals surface area (Å²) in [6.07, 6.45) is 3.36. The van der Waals surface area contributed by atoms with Crippen molar-refractivity contribution in [2.24, 2.45) is 0 Å². The molecule has 0 radical (unpaired) electrons. The zero-order valence-electron chi connectivity index (χ0n) is 6.61. The molecule has 1 N–H and O–H groups in total. The van der Waals surface area contributed by atoms with Gasteiger partial charge in [0.2, 0.25) is 0 Å². The van der Waals surface area contributed by atoms with E-state index in [1.165, 1.54) is 6.42 Å². The summed E-state index contributed by atoms with van der Waals surface area (Å²) in [4.78, 5) is 13.1. The number of unbranched alkanes of at least 4 members (excludes halogenated alkanes) is 2. The fourth-order valence-electron chi connectivity index (χ4n) is 0.664. The number of carbonyl (C=O) groups is 1. The van der Waals surface area contributed by atoms with Crippen LogP contribution in [-0.2, 0) is 4.79 Å². The van der Waals surface area contributed by atoms with Crippen molar-refractivity contribution < 1.29 is 4.79 Å². The van der Waals surface area contributed by atoms with Gasteiger partial charge in [0.25, 0.3) is 5.91 Å². The molecular formula is C8H12BrNO. The average Bonchev–Trinajstić information content (AvgIpc) is 1.99. The fraction of sp³-hybridized carbons (Fsp3) is 0.625. The van der Waals surface area contributed by atoms with Gasteiger partial charge in [0.1, 0.15) is 0 Å². The quantitative estimate of drug-likeness (QED) is 0.564. The minimum absolute atomic E-state index is 0.210. The van der Waals surface area contributed by atoms with E-state index in [1.54, 1.807) is 0 Å². The maximum atomic E-state index is 10.7. The summed E-state index contributed by atoms with van der Waals surface area (Å²) >= 11 is 2.85. The smallest absolute Gasteiger partial charge is 0.296 e. The highest BCUT2D eigenvalue weighted by molar-refractivity contribution is 9.12. The molecule has 0 aromatic heterocycles. The summed E-state index contributed by atoms with van der Waals surface area (Å²) in [7, 11) is 0. The van der Waals surface area contributed by atoms with E-state index < -0.39 is 0 Å². The van der Waals surface area contributed by atoms with E-state index in [0.29, 0.717) is 0 Å². The summed E-state index contributed by atoms with van der Waals surface area (Å²) in [5.41, 5.74) is 0. The number of amides is 1. The van der Waals surface area contributed by atoms with Crippen LogP contribution in [0.4, 0.5) is 0 Å². The molecule has 0 heterocycles. The van der Waals surface area contributed by atoms with Crippen molar-refractivity contribution >= 4 is 21.8 Å². The van der Waals surface area contributed by atoms with Crippen LogP contribution in [0.15, 0.2) is 0 Å². The number of hydrogen-bond acceptors (Lipinski definition) is 1. The number of hydrogen-bond donors (Lipinski definition) is 1. The zero-order valence-corrected chi connectivity index (χ0v) is 8.20. The Kier molecular flexibility index (Phi) is 7.28. The summed E-state index contributed by atoms with van der Waals surface area (Å²) < 4.78 is 0. The third-order valence-electron chi connectivity index (χ3n) is 1.23. The molecule has 0 saturated carbocycles. The molecule has 0 unspecified atom stereocenters. The maximum absolute atomic E-state index is 10.7. The molecule has 0 fully saturated rings. The van der Waals surface area contributed by atoms with Crippen LogP contribution in [-0.4, -0.2) is 12.5 Å². The van der Waals surface area contributed by atoms with E-state index in [4.69, 9.17) is 0 Å². The molecule has 0 aliphatic rings. The molecule has 0 atom stereocenters. The van der Waals surface area contributed by atoms with Gasteiger partial charge in [-0.1, -0.05) is 19.8 Å². The Bertz CT molecular complexity index is 169. The van der Waals surface area contributed by atoms with E-state index in [1.807, 2.05) is 0 Å². The largest absolute Gasteiger partial charge is 0.345 e. The van der Waals surface area contributed by atoms with Gasteiger partial charge in [-0.25, -0.2) is 0 Å². The first-order valence-electron chi connectivity index (χ1n) is 3.70. The van der Waals surface area contributed by atoms with E-state index in [0.717, 1.165) is 19.4 Å². The molecule has 0 rings (SSSR count). The van der Waals surface area contributed by atoms with Gasteiger partial charge >= 0.3 is 0 Å². The molecule has 0 saturated heterocycles. The molecule has 11 heavy (non-hydrogen) atoms. The van der Waals surface area contributed by atoms with Crippen LogP contribution in [0.3, 0.4) is 0 Å². The van der Waals surface area contributed by atoms with Gasteiger partial charge in [-0.15, -0.1) is 0 Å². The van der Waals surface area contributed by atoms with Gasteiger partial charge < -0.3 is 5.32 Å². The number of halogens is 1. The van der Waals surface area contributed by atoms with Gasteiger partial charge in [-0.3, -0.25) is 4.79 Å². The normalized spacial score (nSPS) is 8.18. The molecule has 2 nitrogen and oxygen atoms in total. The van der Waals surface area contributed by atoms with E-state index >= 15 is 0 Å². The van der Waals surface area contributed by atoms with Crippen LogP contribution in [0.2, 0.25) is 0 Å². The molecule has 0 aromatic carbocycles. The van der Waals surface area contributed by atoms with Gasteiger partial charge in [-0.2, -0.15) is 0 Å². The van der Waals surface area contributed by atoms with Crippen molar-refractivity contribution in [1.82, 2.24) is 5.32 Å². The highest BCUT2D eigenvalue weighted by atomic mass is 79.9. The topological polar surface area (TPSA) is 29.1 Å². The van der Waals surface area contributed by atoms with Gasteiger partial charge in [-0.05, 0) is 11.3 Å². The van der Waals surface area contributed by atoms with Crippen molar-refractivity contribution in [2.75, 3.05) is 6.54 Å². The lowest BCUT2D eigenvalue weighted by Crippen LogP contribution is -2.22. The minimum atomic E-state index is -0.210. The minimum Gasteiger partial charge on any atom is -0.345 e. The highest BCUT2D eigenvalue weighted by Crippen LogP contribution is 1.90. The molecule has 3 heteroatoms. The van der Waals surface area contributed by atoms with Crippen LogP contribution in [0.5, 0.6) is 0 Å². The number of nitrogens with one attached hydrogen (secondary N) is 1. The predicted molar refractivity (Wildman–Crippen MR) is 49.2 cm³/mol. The zero-order chi connectivity index (χ0) is 8.53. The predicted octanol–water partition coefficient (Wildman–Crippen LogP) is 1.65. The van der Waals surface area contributed by atoms with Crippen LogP contribution in [0.25, 0.3) is 0 Å². The standard InChI is InChI=1S/C8H12BrNO/c1-2-3-4-7-10-8(11)5-6-9/h2-4,7H2,1H3,(H,10,11). The average molecular weight is 218 g/mol. The first-order valence-corrected chi connectivity index (χ1v) is 4.50. The van der Waals surface area contributed by atoms with Gasteiger partial charge in [0, 0.05) is 28.4 Å². The summed E-state index contributed by atoms with van der Waals surface area (Å²) in [6.45, 7) is 2.86. The third-order valence-corrected chi connectivity index (χ3v) is 1.42. The molecule has 0 aromatic rings. The Morgan fingerprint density at radius 3 is 2.82 bits per heavy atom. The summed E-state index contributed by atoms with van der Waals surface area (Å²) in [5, 5.41) is 2.68. The Morgan fingerprint density at radius 1 is 1.55 bits per heavy atom. The third kappa shape index (κ3) is 7.41. The number of rotatable bonds is 4. The first kappa shape index (κ1) is 10.5. The Labute approximate surface area is 75.9 Å². The van der Waals surface area contributed by atoms with Gasteiger partial charge in [0.05, 0.1) is 0 Å². The van der Waals surface area contributed by atoms with Gasteiger partial charge in [0.15, 0.2) is 0 Å². The number of carbonyl (C=O) groups excluding carboxylic acids is 1. The van der Waals surface area contributed by atoms with E-state index in [2.05, 4.69) is 38.9 Å². The Balaban J connectivity index is 3.22. The lowest BCUT2D eigenvalue weighted by molar-refractivity contribution is -0.115. The van der Waals surface area contributed by atoms with E-state index in [9.17, 15) is 4.79 Å². The second-order valence-electron chi connectivity index (χ2n) is 2.18. The Hall–Kier alpha value is -0.490. The molecule has 0 bridgehead atoms. The summed E-state index contributed by atoms with van der Waals surface area (Å²) in [6, 6.07) is 0. The molecule has 62 valence electrons. The van der Waals surface area contributed by atoms with Crippen LogP contribution < -0.4 is 5.32 Å². The lowest BCUT2D eigenvalue weighted by Gasteiger charge is -1.97. The molecule has 0 spiro atoms. The van der Waals surface area contributed by atoms with E-state index in [-0.39, 0.29) is 5.91 Å². The van der Waals surface area contributed by atoms with Crippen molar-refractivity contribution in [3.05, 3.63) is 0 Å². The second kappa shape index (κ2) is 7.62. The Morgan fingerprint density at radius 2 is 2.27 bits per heavy atom. The van der Waals surface area contributed by atoms with Crippen LogP contribution in [0.1, 0.15) is 26.2 Å². The molecular weight excluding hydrogens is 206 g/mol. The van der Waals surface area contributed by atoms with Crippen molar-refractivity contribution in [3.8, 4) is 10.8 Å². The van der Waals surface area contributed by atoms with Crippen molar-refractivity contribution in [1.29, 1.82) is 0 Å². The van der Waals surface area contributed by atoms with Crippen molar-refractivity contribution in [2.45, 2.75) is 26.2 Å². The van der Waals surface area contributed by atoms with Crippen LogP contribution in [0, 0.1) is 10.8 Å². The summed E-state index contributed by atoms with van der Waals surface area (Å²) in [5.74, 6) is 2.13. The SMILES string of the molecule is CCCCCNC(=O)C#CBr. The van der Waals surface area contributed by atoms with Crippen LogP contribution >= 0.6 is 15.9 Å². The highest BCUT2D eigenvalue weighted by Gasteiger charge is 1.91. The first-order chi connectivity index (χ1) is 5.31. The second-order valence-corrected chi connectivity index (χ2v) is 2.58. The lowest BCUT2D eigenvalue weighted by atomic mass is 10.2. The van der Waals surface area contributed by atoms with Crippen molar-refractivity contribution in [3.63, 3.8) is 0 Å². The molecule has 0 aliphatic carbocycles. The monoisotopic (exact) mass is 217 g/mol. The maximum Gasteiger partial charge on any atom is 0.296 e. The molecule has 1 amide bonds. The molecule has 0 aliphatic heterocycles. The fourth-order valence-corrected chi connectivity index (χ4v) is 0.844.